The van der Waals surface area contributed by atoms with Crippen molar-refractivity contribution in [2.75, 3.05) is 19.6 Å². The zero-order valence-corrected chi connectivity index (χ0v) is 12.6. The van der Waals surface area contributed by atoms with Crippen LogP contribution in [-0.2, 0) is 14.3 Å². The fraction of sp³-hybridized carbons (Fsp3) is 0.385. The number of rotatable bonds is 5. The molecular formula is C13H15N3O5S. The summed E-state index contributed by atoms with van der Waals surface area (Å²) in [6.45, 7) is 1.66. The molecule has 2 N–H and O–H groups in total. The molecule has 1 saturated heterocycles. The van der Waals surface area contributed by atoms with E-state index < -0.39 is 24.0 Å². The Morgan fingerprint density at radius 3 is 2.86 bits per heavy atom. The molecule has 0 bridgehead atoms. The maximum Gasteiger partial charge on any atom is 0.326 e. The van der Waals surface area contributed by atoms with E-state index in [0.29, 0.717) is 11.4 Å². The van der Waals surface area contributed by atoms with Gasteiger partial charge in [-0.05, 0) is 18.4 Å². The quantitative estimate of drug-likeness (QED) is 0.739. The van der Waals surface area contributed by atoms with Crippen molar-refractivity contribution in [3.8, 4) is 0 Å². The largest absolute Gasteiger partial charge is 0.451 e. The van der Waals surface area contributed by atoms with Gasteiger partial charge in [0, 0.05) is 13.1 Å². The summed E-state index contributed by atoms with van der Waals surface area (Å²) in [5, 5.41) is 6.63. The minimum Gasteiger partial charge on any atom is -0.451 e. The number of imide groups is 1. The molecule has 4 amide bonds. The Morgan fingerprint density at radius 2 is 2.27 bits per heavy atom. The van der Waals surface area contributed by atoms with Gasteiger partial charge in [0.1, 0.15) is 6.54 Å². The Hall–Kier alpha value is -2.42. The van der Waals surface area contributed by atoms with Gasteiger partial charge in [-0.25, -0.2) is 4.79 Å². The number of hydrogen-bond donors (Lipinski definition) is 2. The predicted molar refractivity (Wildman–Crippen MR) is 77.3 cm³/mol. The van der Waals surface area contributed by atoms with Crippen LogP contribution in [0.15, 0.2) is 17.5 Å². The molecule has 0 spiro atoms. The molecule has 0 aromatic carbocycles. The van der Waals surface area contributed by atoms with Crippen molar-refractivity contribution in [1.82, 2.24) is 15.5 Å². The number of hydrogen-bond acceptors (Lipinski definition) is 6. The first kappa shape index (κ1) is 16.0. The van der Waals surface area contributed by atoms with Crippen molar-refractivity contribution < 1.29 is 23.9 Å². The van der Waals surface area contributed by atoms with Crippen LogP contribution in [0.3, 0.4) is 0 Å². The maximum absolute atomic E-state index is 11.9. The zero-order valence-electron chi connectivity index (χ0n) is 11.8. The van der Waals surface area contributed by atoms with E-state index in [4.69, 9.17) is 4.74 Å². The zero-order chi connectivity index (χ0) is 16.1. The highest BCUT2D eigenvalue weighted by molar-refractivity contribution is 7.12. The summed E-state index contributed by atoms with van der Waals surface area (Å²) < 4.78 is 4.92. The monoisotopic (exact) mass is 325 g/mol. The van der Waals surface area contributed by atoms with E-state index in [9.17, 15) is 19.2 Å². The Kier molecular flexibility index (Phi) is 5.10. The molecule has 0 saturated carbocycles. The van der Waals surface area contributed by atoms with E-state index in [1.165, 1.54) is 18.3 Å². The molecule has 1 aliphatic heterocycles. The molecule has 118 valence electrons. The van der Waals surface area contributed by atoms with Crippen LogP contribution in [-0.4, -0.2) is 54.5 Å². The molecule has 0 aliphatic carbocycles. The Morgan fingerprint density at radius 1 is 1.50 bits per heavy atom. The van der Waals surface area contributed by atoms with Crippen LogP contribution in [0.5, 0.6) is 0 Å². The predicted octanol–water partition coefficient (Wildman–Crippen LogP) is -0.0386. The van der Waals surface area contributed by atoms with Gasteiger partial charge in [0.15, 0.2) is 6.10 Å². The standard InChI is InChI=1S/C13H15N3O5S/c1-8(12(19)16-5-4-14-13(16)20)21-10(17)7-15-11(18)9-3-2-6-22-9/h2-3,6,8H,4-5,7H2,1H3,(H,14,20)(H,15,18)/t8-/m1/s1. The van der Waals surface area contributed by atoms with Crippen LogP contribution in [0.4, 0.5) is 4.79 Å². The molecule has 1 fully saturated rings. The minimum absolute atomic E-state index is 0.245. The van der Waals surface area contributed by atoms with Crippen LogP contribution in [0.1, 0.15) is 16.6 Å². The van der Waals surface area contributed by atoms with E-state index in [1.807, 2.05) is 0 Å². The van der Waals surface area contributed by atoms with Crippen molar-refractivity contribution in [3.63, 3.8) is 0 Å². The van der Waals surface area contributed by atoms with E-state index in [-0.39, 0.29) is 19.0 Å². The number of amides is 4. The molecule has 2 rings (SSSR count). The molecule has 1 aliphatic rings. The van der Waals surface area contributed by atoms with Gasteiger partial charge >= 0.3 is 12.0 Å². The summed E-state index contributed by atoms with van der Waals surface area (Å²) in [4.78, 5) is 48.0. The van der Waals surface area contributed by atoms with Gasteiger partial charge in [0.2, 0.25) is 0 Å². The number of ether oxygens (including phenoxy) is 1. The Bertz CT molecular complexity index is 587. The fourth-order valence-corrected chi connectivity index (χ4v) is 2.48. The number of urea groups is 1. The van der Waals surface area contributed by atoms with Gasteiger partial charge in [-0.3, -0.25) is 19.3 Å². The fourth-order valence-electron chi connectivity index (χ4n) is 1.84. The van der Waals surface area contributed by atoms with Crippen molar-refractivity contribution in [2.24, 2.45) is 0 Å². The summed E-state index contributed by atoms with van der Waals surface area (Å²) in [5.74, 6) is -1.72. The molecule has 22 heavy (non-hydrogen) atoms. The highest BCUT2D eigenvalue weighted by Crippen LogP contribution is 2.08. The highest BCUT2D eigenvalue weighted by atomic mass is 32.1. The molecule has 0 unspecified atom stereocenters. The van der Waals surface area contributed by atoms with Crippen LogP contribution < -0.4 is 10.6 Å². The van der Waals surface area contributed by atoms with Crippen LogP contribution >= 0.6 is 11.3 Å². The summed E-state index contributed by atoms with van der Waals surface area (Å²) in [6.07, 6.45) is -1.09. The number of carbonyl (C=O) groups is 4. The third-order valence-electron chi connectivity index (χ3n) is 2.92. The third-order valence-corrected chi connectivity index (χ3v) is 3.79. The summed E-state index contributed by atoms with van der Waals surface area (Å²) in [6, 6.07) is 2.85. The lowest BCUT2D eigenvalue weighted by atomic mass is 10.3. The van der Waals surface area contributed by atoms with Gasteiger partial charge in [0.05, 0.1) is 4.88 Å². The smallest absolute Gasteiger partial charge is 0.326 e. The minimum atomic E-state index is -1.09. The average molecular weight is 325 g/mol. The Balaban J connectivity index is 1.77. The van der Waals surface area contributed by atoms with E-state index in [1.54, 1.807) is 17.5 Å². The number of carbonyl (C=O) groups excluding carboxylic acids is 4. The summed E-state index contributed by atoms with van der Waals surface area (Å²) in [5.41, 5.74) is 0. The van der Waals surface area contributed by atoms with Crippen molar-refractivity contribution in [1.29, 1.82) is 0 Å². The molecule has 8 nitrogen and oxygen atoms in total. The molecule has 9 heteroatoms. The second-order valence-electron chi connectivity index (χ2n) is 4.51. The lowest BCUT2D eigenvalue weighted by Gasteiger charge is -2.18. The SMILES string of the molecule is C[C@@H](OC(=O)CNC(=O)c1cccs1)C(=O)N1CCNC1=O. The molecule has 1 aromatic heterocycles. The van der Waals surface area contributed by atoms with Crippen molar-refractivity contribution in [3.05, 3.63) is 22.4 Å². The van der Waals surface area contributed by atoms with E-state index in [2.05, 4.69) is 10.6 Å². The molecule has 1 atom stereocenters. The normalized spacial score (nSPS) is 15.1. The first-order valence-corrected chi connectivity index (χ1v) is 7.47. The van der Waals surface area contributed by atoms with Crippen molar-refractivity contribution >= 4 is 35.2 Å². The number of thiophene rings is 1. The van der Waals surface area contributed by atoms with Gasteiger partial charge in [-0.2, -0.15) is 0 Å². The lowest BCUT2D eigenvalue weighted by Crippen LogP contribution is -2.43. The van der Waals surface area contributed by atoms with Crippen molar-refractivity contribution in [2.45, 2.75) is 13.0 Å². The lowest BCUT2D eigenvalue weighted by molar-refractivity contribution is -0.156. The summed E-state index contributed by atoms with van der Waals surface area (Å²) >= 11 is 1.25. The molecular weight excluding hydrogens is 310 g/mol. The number of nitrogens with one attached hydrogen (secondary N) is 2. The maximum atomic E-state index is 11.9. The van der Waals surface area contributed by atoms with Crippen LogP contribution in [0.2, 0.25) is 0 Å². The Labute approximate surface area is 130 Å². The second kappa shape index (κ2) is 7.03. The van der Waals surface area contributed by atoms with E-state index >= 15 is 0 Å². The van der Waals surface area contributed by atoms with E-state index in [0.717, 1.165) is 4.90 Å². The topological polar surface area (TPSA) is 105 Å². The summed E-state index contributed by atoms with van der Waals surface area (Å²) in [7, 11) is 0. The highest BCUT2D eigenvalue weighted by Gasteiger charge is 2.31. The van der Waals surface area contributed by atoms with Gasteiger partial charge in [0.25, 0.3) is 11.8 Å². The van der Waals surface area contributed by atoms with Crippen LogP contribution in [0, 0.1) is 0 Å². The molecule has 0 radical (unpaired) electrons. The first-order chi connectivity index (χ1) is 10.5. The van der Waals surface area contributed by atoms with Gasteiger partial charge in [-0.1, -0.05) is 6.07 Å². The first-order valence-electron chi connectivity index (χ1n) is 6.59. The second-order valence-corrected chi connectivity index (χ2v) is 5.46. The number of nitrogens with zero attached hydrogens (tertiary/aromatic N) is 1. The average Bonchev–Trinajstić information content (AvgIpc) is 3.15. The van der Waals surface area contributed by atoms with Gasteiger partial charge in [-0.15, -0.1) is 11.3 Å². The molecule has 1 aromatic rings. The molecule has 2 heterocycles. The van der Waals surface area contributed by atoms with Gasteiger partial charge < -0.3 is 15.4 Å². The number of esters is 1. The third kappa shape index (κ3) is 3.82. The van der Waals surface area contributed by atoms with Crippen LogP contribution in [0.25, 0.3) is 0 Å².